The first-order valence-electron chi connectivity index (χ1n) is 10.3. The molecule has 0 bridgehead atoms. The number of nitrogens with zero attached hydrogens (tertiary/aromatic N) is 2. The fourth-order valence-corrected chi connectivity index (χ4v) is 6.24. The number of anilines is 1. The maximum atomic E-state index is 13.4. The Balaban J connectivity index is 1.65. The van der Waals surface area contributed by atoms with Crippen molar-refractivity contribution in [1.29, 1.82) is 0 Å². The van der Waals surface area contributed by atoms with Gasteiger partial charge in [-0.2, -0.15) is 0 Å². The number of carbonyl (C=O) groups excluding carboxylic acids is 2. The van der Waals surface area contributed by atoms with E-state index in [0.29, 0.717) is 16.2 Å². The molecule has 1 unspecified atom stereocenters. The normalized spacial score (nSPS) is 16.7. The topological polar surface area (TPSA) is 88.3 Å². The number of thiophene rings is 1. The standard InChI is InChI=1S/C22H26N4O2S2/c1-3-24-22-25-13(2)18(30-22)21(28)26-11-7-6-8-14(26)12-16-15-9-4-5-10-17(15)29-19(16)20(23)27/h4-5,9-10,14H,3,6-8,11-12H2,1-2H3,(H2,23,27)(H,24,25). The summed E-state index contributed by atoms with van der Waals surface area (Å²) in [7, 11) is 0. The molecular weight excluding hydrogens is 416 g/mol. The Morgan fingerprint density at radius 3 is 2.80 bits per heavy atom. The zero-order chi connectivity index (χ0) is 21.3. The Labute approximate surface area is 184 Å². The number of hydrogen-bond donors (Lipinski definition) is 2. The highest BCUT2D eigenvalue weighted by Gasteiger charge is 2.31. The third-order valence-corrected chi connectivity index (χ3v) is 7.90. The number of nitrogens with two attached hydrogens (primary N) is 1. The van der Waals surface area contributed by atoms with Gasteiger partial charge in [0.25, 0.3) is 11.8 Å². The number of benzene rings is 1. The lowest BCUT2D eigenvalue weighted by Crippen LogP contribution is -2.45. The Kier molecular flexibility index (Phi) is 6.06. The molecular formula is C22H26N4O2S2. The number of amides is 2. The molecule has 0 saturated carbocycles. The van der Waals surface area contributed by atoms with Crippen LogP contribution in [-0.2, 0) is 6.42 Å². The molecule has 2 aromatic heterocycles. The molecule has 0 aliphatic carbocycles. The number of piperidine rings is 1. The molecule has 158 valence electrons. The average molecular weight is 443 g/mol. The smallest absolute Gasteiger partial charge is 0.266 e. The molecule has 4 rings (SSSR count). The van der Waals surface area contributed by atoms with E-state index in [-0.39, 0.29) is 11.9 Å². The minimum atomic E-state index is -0.395. The number of hydrogen-bond acceptors (Lipinski definition) is 6. The molecule has 1 atom stereocenters. The number of fused-ring (bicyclic) bond motifs is 1. The molecule has 2 amide bonds. The van der Waals surface area contributed by atoms with E-state index in [1.807, 2.05) is 43.0 Å². The molecule has 0 spiro atoms. The van der Waals surface area contributed by atoms with Gasteiger partial charge in [0, 0.05) is 23.8 Å². The molecule has 1 aromatic carbocycles. The maximum Gasteiger partial charge on any atom is 0.266 e. The first kappa shape index (κ1) is 20.8. The number of thiazole rings is 1. The number of rotatable bonds is 6. The van der Waals surface area contributed by atoms with Crippen molar-refractivity contribution in [2.75, 3.05) is 18.4 Å². The highest BCUT2D eigenvalue weighted by atomic mass is 32.1. The second-order valence-corrected chi connectivity index (χ2v) is 9.64. The van der Waals surface area contributed by atoms with Gasteiger partial charge in [-0.1, -0.05) is 29.5 Å². The van der Waals surface area contributed by atoms with Crippen LogP contribution < -0.4 is 11.1 Å². The van der Waals surface area contributed by atoms with E-state index in [1.165, 1.54) is 22.7 Å². The minimum absolute atomic E-state index is 0.0408. The van der Waals surface area contributed by atoms with Crippen molar-refractivity contribution in [3.63, 3.8) is 0 Å². The van der Waals surface area contributed by atoms with Gasteiger partial charge in [0.15, 0.2) is 5.13 Å². The summed E-state index contributed by atoms with van der Waals surface area (Å²) >= 11 is 2.86. The van der Waals surface area contributed by atoms with Gasteiger partial charge in [-0.3, -0.25) is 9.59 Å². The van der Waals surface area contributed by atoms with Crippen molar-refractivity contribution in [2.24, 2.45) is 5.73 Å². The van der Waals surface area contributed by atoms with Gasteiger partial charge in [-0.15, -0.1) is 11.3 Å². The monoisotopic (exact) mass is 442 g/mol. The van der Waals surface area contributed by atoms with Crippen LogP contribution >= 0.6 is 22.7 Å². The number of likely N-dealkylation sites (tertiary alicyclic amines) is 1. The largest absolute Gasteiger partial charge is 0.365 e. The van der Waals surface area contributed by atoms with Gasteiger partial charge in [0.2, 0.25) is 0 Å². The molecule has 30 heavy (non-hydrogen) atoms. The lowest BCUT2D eigenvalue weighted by atomic mass is 9.93. The molecule has 3 aromatic rings. The van der Waals surface area contributed by atoms with Gasteiger partial charge < -0.3 is 16.0 Å². The van der Waals surface area contributed by atoms with E-state index in [2.05, 4.69) is 10.3 Å². The minimum Gasteiger partial charge on any atom is -0.365 e. The first-order valence-corrected chi connectivity index (χ1v) is 11.9. The van der Waals surface area contributed by atoms with E-state index in [9.17, 15) is 9.59 Å². The van der Waals surface area contributed by atoms with Crippen molar-refractivity contribution in [3.05, 3.63) is 45.3 Å². The molecule has 1 aliphatic rings. The zero-order valence-corrected chi connectivity index (χ0v) is 18.9. The fraction of sp³-hybridized carbons (Fsp3) is 0.409. The van der Waals surface area contributed by atoms with Crippen LogP contribution in [0.1, 0.15) is 56.8 Å². The van der Waals surface area contributed by atoms with E-state index in [0.717, 1.165) is 58.8 Å². The van der Waals surface area contributed by atoms with E-state index >= 15 is 0 Å². The predicted octanol–water partition coefficient (Wildman–Crippen LogP) is 4.43. The second-order valence-electron chi connectivity index (χ2n) is 7.59. The molecule has 8 heteroatoms. The average Bonchev–Trinajstić information content (AvgIpc) is 3.29. The summed E-state index contributed by atoms with van der Waals surface area (Å²) in [5.74, 6) is -0.354. The summed E-state index contributed by atoms with van der Waals surface area (Å²) in [4.78, 5) is 33.3. The summed E-state index contributed by atoms with van der Waals surface area (Å²) in [5, 5.41) is 5.05. The Hall–Kier alpha value is -2.45. The SMILES string of the molecule is CCNc1nc(C)c(C(=O)N2CCCCC2Cc2c(C(N)=O)sc3ccccc23)s1. The number of carbonyl (C=O) groups is 2. The molecule has 1 aliphatic heterocycles. The number of primary amides is 1. The van der Waals surface area contributed by atoms with Gasteiger partial charge in [0.05, 0.1) is 10.6 Å². The third kappa shape index (κ3) is 3.94. The molecule has 1 fully saturated rings. The van der Waals surface area contributed by atoms with Crippen LogP contribution in [0.5, 0.6) is 0 Å². The van der Waals surface area contributed by atoms with Crippen molar-refractivity contribution < 1.29 is 9.59 Å². The van der Waals surface area contributed by atoms with Gasteiger partial charge >= 0.3 is 0 Å². The van der Waals surface area contributed by atoms with Crippen molar-refractivity contribution in [1.82, 2.24) is 9.88 Å². The number of nitrogens with one attached hydrogen (secondary N) is 1. The highest BCUT2D eigenvalue weighted by Crippen LogP contribution is 2.35. The van der Waals surface area contributed by atoms with Gasteiger partial charge in [0.1, 0.15) is 4.88 Å². The number of aromatic nitrogens is 1. The first-order chi connectivity index (χ1) is 14.5. The predicted molar refractivity (Wildman–Crippen MR) is 124 cm³/mol. The summed E-state index contributed by atoms with van der Waals surface area (Å²) in [6.45, 7) is 5.40. The van der Waals surface area contributed by atoms with Crippen LogP contribution in [0.25, 0.3) is 10.1 Å². The lowest BCUT2D eigenvalue weighted by molar-refractivity contribution is 0.0618. The van der Waals surface area contributed by atoms with Crippen molar-refractivity contribution >= 4 is 49.7 Å². The van der Waals surface area contributed by atoms with Crippen molar-refractivity contribution in [3.8, 4) is 0 Å². The van der Waals surface area contributed by atoms with E-state index in [1.54, 1.807) is 0 Å². The summed E-state index contributed by atoms with van der Waals surface area (Å²) in [6.07, 6.45) is 3.64. The molecule has 0 radical (unpaired) electrons. The fourth-order valence-electron chi connectivity index (χ4n) is 4.17. The zero-order valence-electron chi connectivity index (χ0n) is 17.2. The summed E-state index contributed by atoms with van der Waals surface area (Å²) in [6, 6.07) is 8.06. The Morgan fingerprint density at radius 2 is 2.03 bits per heavy atom. The molecule has 3 heterocycles. The molecule has 1 saturated heterocycles. The van der Waals surface area contributed by atoms with Crippen molar-refractivity contribution in [2.45, 2.75) is 45.6 Å². The second kappa shape index (κ2) is 8.73. The van der Waals surface area contributed by atoms with Crippen LogP contribution in [0, 0.1) is 6.92 Å². The summed E-state index contributed by atoms with van der Waals surface area (Å²) in [5.41, 5.74) is 7.44. The van der Waals surface area contributed by atoms with Crippen LogP contribution in [0.15, 0.2) is 24.3 Å². The van der Waals surface area contributed by atoms with Crippen LogP contribution in [-0.4, -0.2) is 40.8 Å². The van der Waals surface area contributed by atoms with Crippen LogP contribution in [0.3, 0.4) is 0 Å². The number of aryl methyl sites for hydroxylation is 1. The Morgan fingerprint density at radius 1 is 1.23 bits per heavy atom. The molecule has 6 nitrogen and oxygen atoms in total. The molecule has 3 N–H and O–H groups in total. The van der Waals surface area contributed by atoms with E-state index < -0.39 is 5.91 Å². The van der Waals surface area contributed by atoms with Gasteiger partial charge in [-0.25, -0.2) is 4.98 Å². The Bertz CT molecular complexity index is 1090. The lowest BCUT2D eigenvalue weighted by Gasteiger charge is -2.36. The van der Waals surface area contributed by atoms with Gasteiger partial charge in [-0.05, 0) is 56.5 Å². The third-order valence-electron chi connectivity index (χ3n) is 5.57. The highest BCUT2D eigenvalue weighted by molar-refractivity contribution is 7.21. The quantitative estimate of drug-likeness (QED) is 0.591. The maximum absolute atomic E-state index is 13.4. The van der Waals surface area contributed by atoms with Crippen LogP contribution in [0.4, 0.5) is 5.13 Å². The van der Waals surface area contributed by atoms with Crippen LogP contribution in [0.2, 0.25) is 0 Å². The summed E-state index contributed by atoms with van der Waals surface area (Å²) < 4.78 is 1.06. The van der Waals surface area contributed by atoms with E-state index in [4.69, 9.17) is 5.73 Å².